The van der Waals surface area contributed by atoms with Gasteiger partial charge in [-0.05, 0) is 0 Å². The molecule has 11 heavy (non-hydrogen) atoms. The second-order valence-corrected chi connectivity index (χ2v) is 2.87. The van der Waals surface area contributed by atoms with Crippen molar-refractivity contribution < 1.29 is 4.52 Å². The molecule has 0 bridgehead atoms. The molecule has 2 aromatic rings. The topological polar surface area (TPSA) is 67.6 Å². The van der Waals surface area contributed by atoms with Gasteiger partial charge in [0.25, 0.3) is 0 Å². The number of nitrogens with one attached hydrogen (secondary N) is 1. The molecule has 2 heterocycles. The van der Waals surface area contributed by atoms with Gasteiger partial charge < -0.3 is 4.52 Å². The molecule has 0 saturated heterocycles. The molecule has 5 nitrogen and oxygen atoms in total. The number of aromatic amines is 1. The van der Waals surface area contributed by atoms with E-state index in [2.05, 4.69) is 25.1 Å². The molecular formula is C5H4N4OS. The van der Waals surface area contributed by atoms with Gasteiger partial charge in [-0.2, -0.15) is 5.10 Å². The van der Waals surface area contributed by atoms with Gasteiger partial charge in [0, 0.05) is 11.5 Å². The van der Waals surface area contributed by atoms with Crippen LogP contribution >= 0.6 is 11.8 Å². The minimum absolute atomic E-state index is 0.728. The SMILES string of the molecule is c1n[nH]cc1Sc1conn1. The minimum atomic E-state index is 0.728. The van der Waals surface area contributed by atoms with E-state index < -0.39 is 0 Å². The molecule has 0 aromatic carbocycles. The lowest BCUT2D eigenvalue weighted by Crippen LogP contribution is -1.69. The van der Waals surface area contributed by atoms with Gasteiger partial charge in [0.05, 0.1) is 11.1 Å². The van der Waals surface area contributed by atoms with Gasteiger partial charge in [0.1, 0.15) is 0 Å². The van der Waals surface area contributed by atoms with E-state index in [9.17, 15) is 0 Å². The van der Waals surface area contributed by atoms with Crippen LogP contribution in [0.25, 0.3) is 0 Å². The van der Waals surface area contributed by atoms with Crippen molar-refractivity contribution in [1.82, 2.24) is 20.6 Å². The summed E-state index contributed by atoms with van der Waals surface area (Å²) in [7, 11) is 0. The van der Waals surface area contributed by atoms with Crippen molar-refractivity contribution in [2.75, 3.05) is 0 Å². The Balaban J connectivity index is 2.14. The Kier molecular flexibility index (Phi) is 1.60. The van der Waals surface area contributed by atoms with E-state index >= 15 is 0 Å². The van der Waals surface area contributed by atoms with Crippen LogP contribution in [0.3, 0.4) is 0 Å². The molecule has 0 aliphatic rings. The van der Waals surface area contributed by atoms with Gasteiger partial charge in [-0.15, -0.1) is 5.10 Å². The van der Waals surface area contributed by atoms with Crippen LogP contribution in [0.5, 0.6) is 0 Å². The standard InChI is InChI=1S/C5H4N4OS/c1-4(2-7-6-1)11-5-3-10-9-8-5/h1-3H,(H,6,7). The van der Waals surface area contributed by atoms with Crippen molar-refractivity contribution in [1.29, 1.82) is 0 Å². The maximum atomic E-state index is 4.55. The highest BCUT2D eigenvalue weighted by molar-refractivity contribution is 7.99. The summed E-state index contributed by atoms with van der Waals surface area (Å²) in [5, 5.41) is 14.2. The molecule has 0 spiro atoms. The van der Waals surface area contributed by atoms with E-state index in [1.807, 2.05) is 0 Å². The molecule has 0 unspecified atom stereocenters. The first-order valence-electron chi connectivity index (χ1n) is 2.89. The van der Waals surface area contributed by atoms with E-state index in [-0.39, 0.29) is 0 Å². The van der Waals surface area contributed by atoms with Gasteiger partial charge in [-0.3, -0.25) is 5.10 Å². The fraction of sp³-hybridized carbons (Fsp3) is 0. The zero-order valence-corrected chi connectivity index (χ0v) is 6.21. The Morgan fingerprint density at radius 3 is 3.18 bits per heavy atom. The van der Waals surface area contributed by atoms with Gasteiger partial charge in [-0.25, -0.2) is 0 Å². The van der Waals surface area contributed by atoms with E-state index in [4.69, 9.17) is 0 Å². The molecule has 0 radical (unpaired) electrons. The summed E-state index contributed by atoms with van der Waals surface area (Å²) >= 11 is 1.44. The Hall–Kier alpha value is -1.30. The summed E-state index contributed by atoms with van der Waals surface area (Å²) in [6.45, 7) is 0. The summed E-state index contributed by atoms with van der Waals surface area (Å²) in [5.41, 5.74) is 0. The van der Waals surface area contributed by atoms with Gasteiger partial charge in [-0.1, -0.05) is 11.8 Å². The number of hydrogen-bond acceptors (Lipinski definition) is 5. The predicted octanol–water partition coefficient (Wildman–Crippen LogP) is 0.944. The lowest BCUT2D eigenvalue weighted by molar-refractivity contribution is 0.392. The summed E-state index contributed by atoms with van der Waals surface area (Å²) in [6, 6.07) is 0. The highest BCUT2D eigenvalue weighted by Crippen LogP contribution is 2.23. The van der Waals surface area contributed by atoms with Gasteiger partial charge in [0.15, 0.2) is 11.3 Å². The van der Waals surface area contributed by atoms with Crippen LogP contribution in [-0.2, 0) is 0 Å². The van der Waals surface area contributed by atoms with Crippen molar-refractivity contribution in [2.24, 2.45) is 0 Å². The van der Waals surface area contributed by atoms with Gasteiger partial charge >= 0.3 is 0 Å². The average Bonchev–Trinajstić information content (AvgIpc) is 2.60. The Bertz CT molecular complexity index is 271. The summed E-state index contributed by atoms with van der Waals surface area (Å²) in [6.07, 6.45) is 4.97. The number of H-pyrrole nitrogens is 1. The van der Waals surface area contributed by atoms with E-state index in [1.54, 1.807) is 12.4 Å². The number of aromatic nitrogens is 4. The van der Waals surface area contributed by atoms with E-state index in [0.717, 1.165) is 9.92 Å². The molecule has 0 saturated carbocycles. The van der Waals surface area contributed by atoms with Crippen molar-refractivity contribution >= 4 is 11.8 Å². The van der Waals surface area contributed by atoms with Crippen LogP contribution in [0.4, 0.5) is 0 Å². The van der Waals surface area contributed by atoms with Gasteiger partial charge in [0.2, 0.25) is 0 Å². The summed E-state index contributed by atoms with van der Waals surface area (Å²) < 4.78 is 4.55. The molecular weight excluding hydrogens is 164 g/mol. The fourth-order valence-corrected chi connectivity index (χ4v) is 1.24. The zero-order chi connectivity index (χ0) is 7.52. The molecule has 0 aliphatic carbocycles. The fourth-order valence-electron chi connectivity index (χ4n) is 0.616. The quantitative estimate of drug-likeness (QED) is 0.722. The molecule has 56 valence electrons. The highest BCUT2D eigenvalue weighted by atomic mass is 32.2. The van der Waals surface area contributed by atoms with E-state index in [0.29, 0.717) is 0 Å². The second-order valence-electron chi connectivity index (χ2n) is 1.78. The number of nitrogens with zero attached hydrogens (tertiary/aromatic N) is 3. The summed E-state index contributed by atoms with van der Waals surface area (Å²) in [5.74, 6) is 0. The molecule has 0 atom stereocenters. The summed E-state index contributed by atoms with van der Waals surface area (Å²) in [4.78, 5) is 0.987. The van der Waals surface area contributed by atoms with E-state index in [1.165, 1.54) is 18.0 Å². The van der Waals surface area contributed by atoms with Crippen LogP contribution in [0.1, 0.15) is 0 Å². The van der Waals surface area contributed by atoms with Crippen LogP contribution < -0.4 is 0 Å². The minimum Gasteiger partial charge on any atom is -0.344 e. The third-order valence-corrected chi connectivity index (χ3v) is 1.88. The molecule has 0 fully saturated rings. The molecule has 6 heteroatoms. The largest absolute Gasteiger partial charge is 0.344 e. The first kappa shape index (κ1) is 6.41. The van der Waals surface area contributed by atoms with Crippen molar-refractivity contribution in [3.05, 3.63) is 18.7 Å². The van der Waals surface area contributed by atoms with Crippen molar-refractivity contribution in [2.45, 2.75) is 9.92 Å². The molecule has 0 amide bonds. The van der Waals surface area contributed by atoms with Crippen molar-refractivity contribution in [3.8, 4) is 0 Å². The Morgan fingerprint density at radius 1 is 1.55 bits per heavy atom. The first-order chi connectivity index (χ1) is 5.45. The Morgan fingerprint density at radius 2 is 2.55 bits per heavy atom. The average molecular weight is 168 g/mol. The smallest absolute Gasteiger partial charge is 0.165 e. The third kappa shape index (κ3) is 1.40. The maximum Gasteiger partial charge on any atom is 0.165 e. The normalized spacial score (nSPS) is 10.2. The molecule has 2 rings (SSSR count). The lowest BCUT2D eigenvalue weighted by atomic mass is 10.7. The lowest BCUT2D eigenvalue weighted by Gasteiger charge is -1.84. The van der Waals surface area contributed by atoms with Crippen LogP contribution in [0.15, 0.2) is 33.1 Å². The van der Waals surface area contributed by atoms with Crippen LogP contribution in [-0.4, -0.2) is 20.6 Å². The van der Waals surface area contributed by atoms with Crippen LogP contribution in [0, 0.1) is 0 Å². The Labute approximate surface area is 66.2 Å². The number of rotatable bonds is 2. The molecule has 2 aromatic heterocycles. The van der Waals surface area contributed by atoms with Crippen LogP contribution in [0.2, 0.25) is 0 Å². The zero-order valence-electron chi connectivity index (χ0n) is 5.39. The molecule has 0 aliphatic heterocycles. The van der Waals surface area contributed by atoms with Crippen molar-refractivity contribution in [3.63, 3.8) is 0 Å². The molecule has 1 N–H and O–H groups in total. The first-order valence-corrected chi connectivity index (χ1v) is 3.70. The second kappa shape index (κ2) is 2.75. The monoisotopic (exact) mass is 168 g/mol. The predicted molar refractivity (Wildman–Crippen MR) is 37.0 cm³/mol. The maximum absolute atomic E-state index is 4.55. The third-order valence-electron chi connectivity index (χ3n) is 1.04. The number of hydrogen-bond donors (Lipinski definition) is 1. The highest BCUT2D eigenvalue weighted by Gasteiger charge is 2.00.